The molecule has 12 heteroatoms. The van der Waals surface area contributed by atoms with Gasteiger partial charge in [-0.1, -0.05) is 24.3 Å². The highest BCUT2D eigenvalue weighted by molar-refractivity contribution is 7.80. The van der Waals surface area contributed by atoms with Crippen LogP contribution in [0.15, 0.2) is 48.5 Å². The molecule has 2 unspecified atom stereocenters. The van der Waals surface area contributed by atoms with E-state index in [2.05, 4.69) is 0 Å². The second-order valence-corrected chi connectivity index (χ2v) is 9.04. The molecule has 196 valence electrons. The Kier molecular flexibility index (Phi) is 10.1. The first kappa shape index (κ1) is 27.4. The lowest BCUT2D eigenvalue weighted by Crippen LogP contribution is -2.54. The summed E-state index contributed by atoms with van der Waals surface area (Å²) >= 11 is -2.56. The van der Waals surface area contributed by atoms with Gasteiger partial charge < -0.3 is 19.1 Å². The van der Waals surface area contributed by atoms with Crippen LogP contribution in [0.25, 0.3) is 11.1 Å². The minimum atomic E-state index is -2.56. The Morgan fingerprint density at radius 2 is 1.64 bits per heavy atom. The maximum atomic E-state index is 12.7. The number of anilines is 1. The van der Waals surface area contributed by atoms with E-state index in [0.29, 0.717) is 31.6 Å². The van der Waals surface area contributed by atoms with Crippen molar-refractivity contribution in [1.29, 1.82) is 0 Å². The lowest BCUT2D eigenvalue weighted by molar-refractivity contribution is -0.131. The maximum Gasteiger partial charge on any atom is 0.409 e. The van der Waals surface area contributed by atoms with Crippen molar-refractivity contribution in [3.63, 3.8) is 0 Å². The first-order chi connectivity index (χ1) is 17.4. The molecular weight excluding hydrogens is 490 g/mol. The summed E-state index contributed by atoms with van der Waals surface area (Å²) in [6.45, 7) is 1.02. The van der Waals surface area contributed by atoms with Gasteiger partial charge >= 0.3 is 6.09 Å². The van der Waals surface area contributed by atoms with E-state index in [9.17, 15) is 23.6 Å². The molecule has 1 fully saturated rings. The normalized spacial score (nSPS) is 15.6. The van der Waals surface area contributed by atoms with E-state index in [4.69, 9.17) is 14.2 Å². The number of nitrogens with one attached hydrogen (secondary N) is 1. The molecule has 1 heterocycles. The van der Waals surface area contributed by atoms with Crippen molar-refractivity contribution in [2.45, 2.75) is 18.9 Å². The zero-order valence-electron chi connectivity index (χ0n) is 20.2. The Hall–Kier alpha value is -3.19. The van der Waals surface area contributed by atoms with Crippen molar-refractivity contribution in [1.82, 2.24) is 10.4 Å². The Balaban J connectivity index is 1.77. The SMILES string of the molecule is COCCOC(=O)N1CCC(C(C(=O)NO)N(c2ccc(-c3ccc(OC)cc3)cc2)S(=O)O)CC1. The fourth-order valence-electron chi connectivity index (χ4n) is 4.21. The van der Waals surface area contributed by atoms with Gasteiger partial charge in [-0.2, -0.15) is 0 Å². The van der Waals surface area contributed by atoms with Crippen LogP contribution in [0.1, 0.15) is 12.8 Å². The van der Waals surface area contributed by atoms with E-state index in [1.54, 1.807) is 36.9 Å². The van der Waals surface area contributed by atoms with Crippen molar-refractivity contribution in [3.05, 3.63) is 48.5 Å². The minimum Gasteiger partial charge on any atom is -0.497 e. The summed E-state index contributed by atoms with van der Waals surface area (Å²) in [6.07, 6.45) is 0.259. The molecule has 36 heavy (non-hydrogen) atoms. The van der Waals surface area contributed by atoms with Crippen LogP contribution in [0.4, 0.5) is 10.5 Å². The Bertz CT molecular complexity index is 1030. The van der Waals surface area contributed by atoms with Gasteiger partial charge in [0.15, 0.2) is 0 Å². The van der Waals surface area contributed by atoms with Crippen LogP contribution in [0.3, 0.4) is 0 Å². The molecule has 1 aliphatic heterocycles. The van der Waals surface area contributed by atoms with Gasteiger partial charge in [0, 0.05) is 20.2 Å². The van der Waals surface area contributed by atoms with Crippen LogP contribution in [0, 0.1) is 5.92 Å². The van der Waals surface area contributed by atoms with Crippen LogP contribution in [-0.4, -0.2) is 77.4 Å². The molecule has 0 aromatic heterocycles. The molecule has 0 bridgehead atoms. The standard InChI is InChI=1S/C24H31N3O8S/c1-33-15-16-35-24(29)26-13-11-19(12-14-26)22(23(28)25-30)27(36(31)32)20-7-3-17(4-8-20)18-5-9-21(34-2)10-6-18/h3-10,19,22,30H,11-16H2,1-2H3,(H,25,28)(H,31,32). The molecular formula is C24H31N3O8S. The number of ether oxygens (including phenoxy) is 3. The Morgan fingerprint density at radius 1 is 1.06 bits per heavy atom. The molecule has 0 spiro atoms. The van der Waals surface area contributed by atoms with E-state index < -0.39 is 35.2 Å². The van der Waals surface area contributed by atoms with E-state index in [1.165, 1.54) is 12.0 Å². The van der Waals surface area contributed by atoms with Gasteiger partial charge in [0.25, 0.3) is 17.2 Å². The van der Waals surface area contributed by atoms with Gasteiger partial charge in [-0.05, 0) is 54.2 Å². The molecule has 3 rings (SSSR count). The number of hydroxylamine groups is 1. The number of benzene rings is 2. The van der Waals surface area contributed by atoms with Gasteiger partial charge in [-0.15, -0.1) is 0 Å². The molecule has 1 saturated heterocycles. The molecule has 0 radical (unpaired) electrons. The van der Waals surface area contributed by atoms with Crippen LogP contribution in [0.5, 0.6) is 5.75 Å². The topological polar surface area (TPSA) is 138 Å². The highest BCUT2D eigenvalue weighted by Gasteiger charge is 2.39. The zero-order valence-corrected chi connectivity index (χ0v) is 21.0. The fraction of sp³-hybridized carbons (Fsp3) is 0.417. The monoisotopic (exact) mass is 521 g/mol. The van der Waals surface area contributed by atoms with Crippen LogP contribution in [-0.2, 0) is 25.5 Å². The average Bonchev–Trinajstić information content (AvgIpc) is 2.91. The number of likely N-dealkylation sites (tertiary alicyclic amines) is 1. The summed E-state index contributed by atoms with van der Waals surface area (Å²) in [4.78, 5) is 26.4. The summed E-state index contributed by atoms with van der Waals surface area (Å²) in [6, 6.07) is 13.2. The van der Waals surface area contributed by atoms with Crippen LogP contribution in [0.2, 0.25) is 0 Å². The second kappa shape index (κ2) is 13.2. The number of hydrogen-bond acceptors (Lipinski definition) is 7. The number of piperidine rings is 1. The number of rotatable bonds is 10. The predicted octanol–water partition coefficient (Wildman–Crippen LogP) is 2.67. The van der Waals surface area contributed by atoms with Gasteiger partial charge in [0.2, 0.25) is 0 Å². The highest BCUT2D eigenvalue weighted by atomic mass is 32.2. The second-order valence-electron chi connectivity index (χ2n) is 8.18. The first-order valence-electron chi connectivity index (χ1n) is 11.4. The van der Waals surface area contributed by atoms with Crippen molar-refractivity contribution in [2.75, 3.05) is 44.8 Å². The Morgan fingerprint density at radius 3 is 2.14 bits per heavy atom. The number of carbonyl (C=O) groups excluding carboxylic acids is 2. The first-order valence-corrected chi connectivity index (χ1v) is 12.4. The molecule has 11 nitrogen and oxygen atoms in total. The maximum absolute atomic E-state index is 12.7. The zero-order chi connectivity index (χ0) is 26.1. The van der Waals surface area contributed by atoms with Gasteiger partial charge in [0.05, 0.1) is 19.4 Å². The molecule has 0 saturated carbocycles. The quantitative estimate of drug-likeness (QED) is 0.188. The third-order valence-corrected chi connectivity index (χ3v) is 6.88. The predicted molar refractivity (Wildman–Crippen MR) is 133 cm³/mol. The molecule has 1 aliphatic rings. The van der Waals surface area contributed by atoms with Crippen molar-refractivity contribution in [2.24, 2.45) is 5.92 Å². The molecule has 0 aliphatic carbocycles. The third-order valence-electron chi connectivity index (χ3n) is 6.10. The van der Waals surface area contributed by atoms with Gasteiger partial charge in [-0.25, -0.2) is 14.5 Å². The van der Waals surface area contributed by atoms with E-state index >= 15 is 0 Å². The van der Waals surface area contributed by atoms with Gasteiger partial charge in [0.1, 0.15) is 18.4 Å². The van der Waals surface area contributed by atoms with Crippen molar-refractivity contribution < 1.29 is 37.8 Å². The van der Waals surface area contributed by atoms with E-state index in [-0.39, 0.29) is 13.2 Å². The average molecular weight is 522 g/mol. The highest BCUT2D eigenvalue weighted by Crippen LogP contribution is 2.31. The third kappa shape index (κ3) is 6.72. The molecule has 2 aromatic carbocycles. The van der Waals surface area contributed by atoms with Crippen LogP contribution >= 0.6 is 0 Å². The number of carbonyl (C=O) groups is 2. The molecule has 2 aromatic rings. The van der Waals surface area contributed by atoms with E-state index in [1.807, 2.05) is 24.3 Å². The summed E-state index contributed by atoms with van der Waals surface area (Å²) in [5.41, 5.74) is 3.76. The summed E-state index contributed by atoms with van der Waals surface area (Å²) in [5, 5.41) is 9.40. The van der Waals surface area contributed by atoms with E-state index in [0.717, 1.165) is 21.2 Å². The van der Waals surface area contributed by atoms with Gasteiger partial charge in [-0.3, -0.25) is 18.9 Å². The largest absolute Gasteiger partial charge is 0.497 e. The summed E-state index contributed by atoms with van der Waals surface area (Å²) in [7, 11) is 3.10. The minimum absolute atomic E-state index is 0.134. The molecule has 2 amide bonds. The summed E-state index contributed by atoms with van der Waals surface area (Å²) < 4.78 is 38.8. The molecule has 2 atom stereocenters. The van der Waals surface area contributed by atoms with Crippen molar-refractivity contribution in [3.8, 4) is 16.9 Å². The number of amides is 2. The number of methoxy groups -OCH3 is 2. The fourth-order valence-corrected chi connectivity index (χ4v) is 4.98. The summed E-state index contributed by atoms with van der Waals surface area (Å²) in [5.74, 6) is -0.486. The lowest BCUT2D eigenvalue weighted by atomic mass is 9.88. The van der Waals surface area contributed by atoms with Crippen molar-refractivity contribution >= 4 is 29.0 Å². The smallest absolute Gasteiger partial charge is 0.409 e. The number of nitrogens with zero attached hydrogens (tertiary/aromatic N) is 2. The Labute approximate surface area is 212 Å². The number of hydrogen-bond donors (Lipinski definition) is 3. The molecule has 3 N–H and O–H groups in total. The lowest BCUT2D eigenvalue weighted by Gasteiger charge is -2.38. The van der Waals surface area contributed by atoms with Crippen LogP contribution < -0.4 is 14.5 Å².